The van der Waals surface area contributed by atoms with Crippen LogP contribution in [0.3, 0.4) is 0 Å². The molecule has 4 heavy (non-hydrogen) atoms. The van der Waals surface area contributed by atoms with E-state index >= 15 is 0 Å². The van der Waals surface area contributed by atoms with E-state index in [1.807, 2.05) is 0 Å². The third kappa shape index (κ3) is 8.99. The molecule has 0 aromatic rings. The molecule has 0 saturated heterocycles. The third-order valence-electron chi connectivity index (χ3n) is 0. The van der Waals surface area contributed by atoms with Crippen molar-refractivity contribution in [2.24, 2.45) is 0 Å². The van der Waals surface area contributed by atoms with Gasteiger partial charge in [0.15, 0.2) is 0 Å². The molecule has 4 heteroatoms. The van der Waals surface area contributed by atoms with Gasteiger partial charge >= 0.3 is 73.2 Å². The Morgan fingerprint density at radius 3 is 1.25 bits per heavy atom. The fourth-order valence-corrected chi connectivity index (χ4v) is 0. The fraction of sp³-hybridized carbons (Fsp3) is 0. The summed E-state index contributed by atoms with van der Waals surface area (Å²) in [5.74, 6) is 0. The molecule has 16 valence electrons. The standard InChI is InChI=1S/K.H2O.O.Zn/h;1H2;;/q+1;;;/p-1. The third-order valence-corrected chi connectivity index (χ3v) is 0. The Kier molecular flexibility index (Phi) is 82.7. The van der Waals surface area contributed by atoms with E-state index in [4.69, 9.17) is 3.57 Å². The summed E-state index contributed by atoms with van der Waals surface area (Å²) in [6.45, 7) is 0. The first kappa shape index (κ1) is 16.6. The van der Waals surface area contributed by atoms with Crippen molar-refractivity contribution in [3.8, 4) is 0 Å². The fourth-order valence-electron chi connectivity index (χ4n) is 0. The Labute approximate surface area is 77.0 Å². The van der Waals surface area contributed by atoms with E-state index in [0.29, 0.717) is 0 Å². The summed E-state index contributed by atoms with van der Waals surface area (Å²) >= 11 is 0.125. The molecule has 0 unspecified atom stereocenters. The van der Waals surface area contributed by atoms with E-state index < -0.39 is 0 Å². The maximum atomic E-state index is 8.38. The molecule has 0 fully saturated rings. The van der Waals surface area contributed by atoms with Crippen molar-refractivity contribution in [2.75, 3.05) is 0 Å². The van der Waals surface area contributed by atoms with E-state index in [2.05, 4.69) is 0 Å². The van der Waals surface area contributed by atoms with Crippen LogP contribution >= 0.6 is 0 Å². The van der Waals surface area contributed by atoms with Gasteiger partial charge in [-0.2, -0.15) is 0 Å². The minimum atomic E-state index is 0. The number of hydrogen-bond acceptors (Lipinski definition) is 2. The summed E-state index contributed by atoms with van der Waals surface area (Å²) in [5.41, 5.74) is 0. The van der Waals surface area contributed by atoms with Crippen molar-refractivity contribution in [1.82, 2.24) is 0 Å². The maximum absolute atomic E-state index is 8.38. The molecule has 0 aromatic heterocycles. The second-order valence-electron chi connectivity index (χ2n) is 0. The van der Waals surface area contributed by atoms with Crippen molar-refractivity contribution in [3.63, 3.8) is 0 Å². The van der Waals surface area contributed by atoms with Crippen LogP contribution < -0.4 is 51.4 Å². The van der Waals surface area contributed by atoms with Crippen LogP contribution in [0.25, 0.3) is 0 Å². The molecule has 1 N–H and O–H groups in total. The minimum absolute atomic E-state index is 0. The molecule has 0 aliphatic rings. The van der Waals surface area contributed by atoms with Crippen molar-refractivity contribution in [3.05, 3.63) is 0 Å². The summed E-state index contributed by atoms with van der Waals surface area (Å²) in [6, 6.07) is 0. The van der Waals surface area contributed by atoms with Crippen LogP contribution in [0, 0.1) is 0 Å². The van der Waals surface area contributed by atoms with Crippen LogP contribution in [-0.4, -0.2) is 5.48 Å². The first-order valence-corrected chi connectivity index (χ1v) is 1.50. The predicted molar refractivity (Wildman–Crippen MR) is 2.62 cm³/mol. The van der Waals surface area contributed by atoms with Crippen LogP contribution in [0.15, 0.2) is 0 Å². The van der Waals surface area contributed by atoms with E-state index in [1.165, 1.54) is 0 Å². The van der Waals surface area contributed by atoms with Crippen molar-refractivity contribution in [2.45, 2.75) is 0 Å². The molecule has 0 amide bonds. The van der Waals surface area contributed by atoms with Gasteiger partial charge in [0.25, 0.3) is 0 Å². The molecule has 0 aromatic carbocycles. The van der Waals surface area contributed by atoms with Gasteiger partial charge < -0.3 is 5.48 Å². The quantitative estimate of drug-likeness (QED) is 0.329. The van der Waals surface area contributed by atoms with Gasteiger partial charge in [0.05, 0.1) is 0 Å². The van der Waals surface area contributed by atoms with Crippen molar-refractivity contribution in [1.29, 1.82) is 0 Å². The van der Waals surface area contributed by atoms with Gasteiger partial charge in [-0.05, 0) is 0 Å². The zero-order valence-electron chi connectivity index (χ0n) is 2.56. The summed E-state index contributed by atoms with van der Waals surface area (Å²) in [7, 11) is 0. The summed E-state index contributed by atoms with van der Waals surface area (Å²) < 4.78 is 8.38. The first-order chi connectivity index (χ1) is 1.00. The second kappa shape index (κ2) is 19.9. The van der Waals surface area contributed by atoms with Crippen LogP contribution in [0.1, 0.15) is 0 Å². The SMILES string of the molecule is [K+].[OH-].[O]=[Zn]. The molecule has 0 radical (unpaired) electrons. The van der Waals surface area contributed by atoms with Gasteiger partial charge in [0.1, 0.15) is 0 Å². The van der Waals surface area contributed by atoms with Gasteiger partial charge in [0, 0.05) is 0 Å². The number of rotatable bonds is 0. The molecule has 0 rings (SSSR count). The van der Waals surface area contributed by atoms with Crippen LogP contribution in [0.4, 0.5) is 0 Å². The Morgan fingerprint density at radius 1 is 1.25 bits per heavy atom. The average Bonchev–Trinajstić information content (AvgIpc) is 1.00. The molecule has 0 spiro atoms. The van der Waals surface area contributed by atoms with E-state index in [-0.39, 0.29) is 75.1 Å². The summed E-state index contributed by atoms with van der Waals surface area (Å²) in [4.78, 5) is 0. The van der Waals surface area contributed by atoms with Gasteiger partial charge in [0.2, 0.25) is 0 Å². The Bertz CT molecular complexity index is 6.00. The molecular weight excluding hydrogens is 136 g/mol. The normalized spacial score (nSPS) is 1.50. The zero-order valence-corrected chi connectivity index (χ0v) is 8.65. The molecule has 2 nitrogen and oxygen atoms in total. The zero-order chi connectivity index (χ0) is 2.00. The topological polar surface area (TPSA) is 47.1 Å². The van der Waals surface area contributed by atoms with Crippen molar-refractivity contribution < 1.29 is 78.7 Å². The van der Waals surface area contributed by atoms with Gasteiger partial charge in [-0.15, -0.1) is 0 Å². The average molecular weight is 137 g/mol. The Balaban J connectivity index is -0.00000000500. The molecule has 0 heterocycles. The molecule has 0 saturated carbocycles. The summed E-state index contributed by atoms with van der Waals surface area (Å²) in [5, 5.41) is 0. The van der Waals surface area contributed by atoms with Crippen LogP contribution in [-0.2, 0) is 21.8 Å². The molecular formula is HKO2Zn. The van der Waals surface area contributed by atoms with E-state index in [1.54, 1.807) is 0 Å². The molecule has 0 bridgehead atoms. The summed E-state index contributed by atoms with van der Waals surface area (Å²) in [6.07, 6.45) is 0. The Morgan fingerprint density at radius 2 is 1.25 bits per heavy atom. The van der Waals surface area contributed by atoms with Gasteiger partial charge in [-0.25, -0.2) is 0 Å². The first-order valence-electron chi connectivity index (χ1n) is 0.289. The molecule has 0 aliphatic carbocycles. The van der Waals surface area contributed by atoms with Crippen LogP contribution in [0.2, 0.25) is 0 Å². The number of hydrogen-bond donors (Lipinski definition) is 0. The monoisotopic (exact) mass is 136 g/mol. The van der Waals surface area contributed by atoms with Gasteiger partial charge in [-0.1, -0.05) is 0 Å². The van der Waals surface area contributed by atoms with E-state index in [0.717, 1.165) is 0 Å². The van der Waals surface area contributed by atoms with E-state index in [9.17, 15) is 0 Å². The predicted octanol–water partition coefficient (Wildman–Crippen LogP) is -3.29. The van der Waals surface area contributed by atoms with Gasteiger partial charge in [-0.3, -0.25) is 0 Å². The second-order valence-corrected chi connectivity index (χ2v) is 0. The molecule has 0 atom stereocenters. The van der Waals surface area contributed by atoms with Crippen molar-refractivity contribution >= 4 is 0 Å². The Hall–Kier alpha value is 2.02. The molecule has 0 aliphatic heterocycles. The van der Waals surface area contributed by atoms with Crippen LogP contribution in [0.5, 0.6) is 0 Å².